The number of para-hydroxylation sites is 3. The Hall–Kier alpha value is -4.41. The highest BCUT2D eigenvalue weighted by Gasteiger charge is 2.31. The first-order valence-electron chi connectivity index (χ1n) is 10.7. The number of carbonyl (C=O) groups excluding carboxylic acids is 1. The molecular weight excluding hydrogens is 461 g/mol. The smallest absolute Gasteiger partial charge is 0.417 e. The molecule has 178 valence electrons. The number of halogens is 3. The first kappa shape index (κ1) is 22.4. The number of hydrogen-bond acceptors (Lipinski definition) is 5. The Balaban J connectivity index is 1.33. The first-order valence-corrected chi connectivity index (χ1v) is 10.7. The number of hydrogen-bond donors (Lipinski definition) is 1. The van der Waals surface area contributed by atoms with Crippen LogP contribution in [0.3, 0.4) is 0 Å². The number of rotatable bonds is 7. The maximum absolute atomic E-state index is 13.1. The number of nitrogens with one attached hydrogen (secondary N) is 1. The van der Waals surface area contributed by atoms with Crippen LogP contribution in [0.4, 0.5) is 13.2 Å². The van der Waals surface area contributed by atoms with Crippen LogP contribution in [0.25, 0.3) is 16.7 Å². The lowest BCUT2D eigenvalue weighted by atomic mass is 10.3. The van der Waals surface area contributed by atoms with Gasteiger partial charge in [-0.25, -0.2) is 4.98 Å². The average Bonchev–Trinajstić information content (AvgIpc) is 3.42. The topological polar surface area (TPSA) is 86.3 Å². The van der Waals surface area contributed by atoms with E-state index in [4.69, 9.17) is 4.74 Å². The molecule has 35 heavy (non-hydrogen) atoms. The van der Waals surface area contributed by atoms with Gasteiger partial charge in [-0.05, 0) is 36.4 Å². The van der Waals surface area contributed by atoms with Crippen LogP contribution < -0.4 is 10.1 Å². The third-order valence-corrected chi connectivity index (χ3v) is 5.39. The molecule has 0 aliphatic carbocycles. The summed E-state index contributed by atoms with van der Waals surface area (Å²) in [5.74, 6) is 1.06. The molecule has 0 unspecified atom stereocenters. The summed E-state index contributed by atoms with van der Waals surface area (Å²) in [5, 5.41) is 10.5. The van der Waals surface area contributed by atoms with Gasteiger partial charge < -0.3 is 14.6 Å². The summed E-state index contributed by atoms with van der Waals surface area (Å²) >= 11 is 0. The zero-order chi connectivity index (χ0) is 24.4. The molecule has 0 spiro atoms. The molecule has 11 heteroatoms. The molecule has 3 heterocycles. The third kappa shape index (κ3) is 4.79. The third-order valence-electron chi connectivity index (χ3n) is 5.39. The lowest BCUT2D eigenvalue weighted by molar-refractivity contribution is -0.137. The average molecular weight is 480 g/mol. The second-order valence-corrected chi connectivity index (χ2v) is 7.74. The predicted octanol–water partition coefficient (Wildman–Crippen LogP) is 3.99. The number of nitrogens with zero attached hydrogens (tertiary/aromatic N) is 5. The number of benzene rings is 2. The van der Waals surface area contributed by atoms with Crippen LogP contribution in [-0.4, -0.2) is 30.1 Å². The van der Waals surface area contributed by atoms with E-state index >= 15 is 0 Å². The molecular formula is C24H19F3N6O2. The number of carbonyl (C=O) groups is 1. The molecule has 5 rings (SSSR count). The maximum Gasteiger partial charge on any atom is 0.417 e. The van der Waals surface area contributed by atoms with Crippen molar-refractivity contribution in [3.63, 3.8) is 0 Å². The van der Waals surface area contributed by atoms with E-state index in [0.29, 0.717) is 11.6 Å². The van der Waals surface area contributed by atoms with Crippen LogP contribution >= 0.6 is 0 Å². The van der Waals surface area contributed by atoms with Crippen LogP contribution in [-0.2, 0) is 30.7 Å². The number of alkyl halides is 3. The number of ether oxygens (including phenoxy) is 1. The van der Waals surface area contributed by atoms with E-state index in [2.05, 4.69) is 20.5 Å². The van der Waals surface area contributed by atoms with Crippen LogP contribution in [0.2, 0.25) is 0 Å². The Morgan fingerprint density at radius 3 is 2.51 bits per heavy atom. The molecule has 0 aliphatic rings. The highest BCUT2D eigenvalue weighted by atomic mass is 19.4. The Morgan fingerprint density at radius 1 is 0.943 bits per heavy atom. The number of aromatic nitrogens is 5. The second kappa shape index (κ2) is 9.09. The van der Waals surface area contributed by atoms with Crippen LogP contribution in [0, 0.1) is 0 Å². The maximum atomic E-state index is 13.1. The van der Waals surface area contributed by atoms with Crippen molar-refractivity contribution in [2.75, 3.05) is 0 Å². The minimum Gasteiger partial charge on any atom is -0.486 e. The number of pyridine rings is 1. The quantitative estimate of drug-likeness (QED) is 0.381. The van der Waals surface area contributed by atoms with Gasteiger partial charge in [-0.3, -0.25) is 9.20 Å². The van der Waals surface area contributed by atoms with Crippen molar-refractivity contribution in [2.24, 2.45) is 0 Å². The fourth-order valence-corrected chi connectivity index (χ4v) is 3.68. The minimum absolute atomic E-state index is 0.0570. The fraction of sp³-hybridized carbons (Fsp3) is 0.167. The summed E-state index contributed by atoms with van der Waals surface area (Å²) in [7, 11) is 0. The fourth-order valence-electron chi connectivity index (χ4n) is 3.68. The summed E-state index contributed by atoms with van der Waals surface area (Å²) in [6.45, 7) is 0.00330. The molecule has 0 bridgehead atoms. The van der Waals surface area contributed by atoms with Crippen LogP contribution in [0.1, 0.15) is 17.2 Å². The zero-order valence-corrected chi connectivity index (χ0v) is 18.2. The van der Waals surface area contributed by atoms with E-state index in [1.165, 1.54) is 10.5 Å². The van der Waals surface area contributed by atoms with Crippen molar-refractivity contribution in [2.45, 2.75) is 25.9 Å². The normalized spacial score (nSPS) is 11.7. The standard InChI is InChI=1S/C24H19F3N6O2/c25-24(26,27)16-10-11-20-30-31-21(33(20)13-16)12-28-23(34)14-32-19-9-5-4-8-18(19)29-22(32)15-35-17-6-2-1-3-7-17/h1-11,13H,12,14-15H2,(H,28,34). The second-order valence-electron chi connectivity index (χ2n) is 7.74. The molecule has 8 nitrogen and oxygen atoms in total. The highest BCUT2D eigenvalue weighted by molar-refractivity contribution is 5.81. The van der Waals surface area contributed by atoms with E-state index in [1.807, 2.05) is 54.6 Å². The molecule has 2 aromatic carbocycles. The molecule has 0 radical (unpaired) electrons. The van der Waals surface area contributed by atoms with Gasteiger partial charge in [0, 0.05) is 6.20 Å². The van der Waals surface area contributed by atoms with Crippen LogP contribution in [0.5, 0.6) is 5.75 Å². The van der Waals surface area contributed by atoms with E-state index in [0.717, 1.165) is 23.3 Å². The SMILES string of the molecule is O=C(Cn1c(COc2ccccc2)nc2ccccc21)NCc1nnc2ccc(C(F)(F)F)cn12. The molecule has 0 atom stereocenters. The van der Waals surface area contributed by atoms with Gasteiger partial charge in [0.15, 0.2) is 11.5 Å². The Kier molecular flexibility index (Phi) is 5.81. The van der Waals surface area contributed by atoms with E-state index in [-0.39, 0.29) is 37.1 Å². The van der Waals surface area contributed by atoms with Gasteiger partial charge in [-0.15, -0.1) is 10.2 Å². The highest BCUT2D eigenvalue weighted by Crippen LogP contribution is 2.29. The van der Waals surface area contributed by atoms with Crippen LogP contribution in [0.15, 0.2) is 72.9 Å². The molecule has 1 N–H and O–H groups in total. The Bertz CT molecular complexity index is 1490. The number of imidazole rings is 1. The number of fused-ring (bicyclic) bond motifs is 2. The van der Waals surface area contributed by atoms with E-state index < -0.39 is 11.7 Å². The summed E-state index contributed by atoms with van der Waals surface area (Å²) < 4.78 is 48.0. The van der Waals surface area contributed by atoms with Crippen molar-refractivity contribution < 1.29 is 22.7 Å². The van der Waals surface area contributed by atoms with E-state index in [1.54, 1.807) is 4.57 Å². The monoisotopic (exact) mass is 480 g/mol. The first-order chi connectivity index (χ1) is 16.9. The van der Waals surface area contributed by atoms with Gasteiger partial charge in [0.25, 0.3) is 0 Å². The Labute approximate surface area is 197 Å². The molecule has 0 saturated heterocycles. The zero-order valence-electron chi connectivity index (χ0n) is 18.2. The molecule has 3 aromatic heterocycles. The van der Waals surface area contributed by atoms with E-state index in [9.17, 15) is 18.0 Å². The minimum atomic E-state index is -4.50. The van der Waals surface area contributed by atoms with Gasteiger partial charge in [0.2, 0.25) is 5.91 Å². The summed E-state index contributed by atoms with van der Waals surface area (Å²) in [4.78, 5) is 17.4. The van der Waals surface area contributed by atoms with Gasteiger partial charge in [0.05, 0.1) is 23.1 Å². The largest absolute Gasteiger partial charge is 0.486 e. The molecule has 5 aromatic rings. The van der Waals surface area contributed by atoms with Crippen molar-refractivity contribution >= 4 is 22.6 Å². The van der Waals surface area contributed by atoms with Gasteiger partial charge >= 0.3 is 6.18 Å². The Morgan fingerprint density at radius 2 is 1.71 bits per heavy atom. The summed E-state index contributed by atoms with van der Waals surface area (Å²) in [6, 6.07) is 18.8. The molecule has 0 fully saturated rings. The predicted molar refractivity (Wildman–Crippen MR) is 120 cm³/mol. The number of amides is 1. The van der Waals surface area contributed by atoms with Gasteiger partial charge in [0.1, 0.15) is 24.7 Å². The van der Waals surface area contributed by atoms with Gasteiger partial charge in [-0.2, -0.15) is 13.2 Å². The molecule has 0 aliphatic heterocycles. The summed E-state index contributed by atoms with van der Waals surface area (Å²) in [6.07, 6.45) is -3.58. The van der Waals surface area contributed by atoms with Crippen molar-refractivity contribution in [3.8, 4) is 5.75 Å². The van der Waals surface area contributed by atoms with Crippen molar-refractivity contribution in [1.82, 2.24) is 29.5 Å². The lowest BCUT2D eigenvalue weighted by Crippen LogP contribution is -2.28. The summed E-state index contributed by atoms with van der Waals surface area (Å²) in [5.41, 5.74) is 0.903. The van der Waals surface area contributed by atoms with Gasteiger partial charge in [-0.1, -0.05) is 30.3 Å². The molecule has 1 amide bonds. The van der Waals surface area contributed by atoms with Crippen molar-refractivity contribution in [1.29, 1.82) is 0 Å². The van der Waals surface area contributed by atoms with Crippen molar-refractivity contribution in [3.05, 3.63) is 90.1 Å². The lowest BCUT2D eigenvalue weighted by Gasteiger charge is -2.11. The molecule has 0 saturated carbocycles.